The summed E-state index contributed by atoms with van der Waals surface area (Å²) >= 11 is 0. The number of phenols is 2. The lowest BCUT2D eigenvalue weighted by atomic mass is 9.85. The predicted molar refractivity (Wildman–Crippen MR) is 110 cm³/mol. The molecule has 2 aromatic rings. The van der Waals surface area contributed by atoms with Crippen molar-refractivity contribution in [1.29, 1.82) is 0 Å². The van der Waals surface area contributed by atoms with Crippen LogP contribution in [-0.2, 0) is 10.8 Å². The molecule has 2 aromatic carbocycles. The van der Waals surface area contributed by atoms with Crippen LogP contribution in [0.25, 0.3) is 0 Å². The van der Waals surface area contributed by atoms with Crippen molar-refractivity contribution in [3.63, 3.8) is 0 Å². The Morgan fingerprint density at radius 1 is 0.600 bits per heavy atom. The number of phenolic OH excluding ortho intramolecular Hbond substituents is 2. The van der Waals surface area contributed by atoms with E-state index in [0.29, 0.717) is 11.5 Å². The highest BCUT2D eigenvalue weighted by Gasteiger charge is 2.18. The van der Waals surface area contributed by atoms with Crippen LogP contribution in [0.5, 0.6) is 11.5 Å². The standard InChI is InChI=1S/2C11H16O.CH4/c2*1-8-5-6-10(12)9(7-8)11(2,3)4;/h2*5-7,12H,1-4H3;1H4. The van der Waals surface area contributed by atoms with Crippen LogP contribution >= 0.6 is 0 Å². The highest BCUT2D eigenvalue weighted by Crippen LogP contribution is 2.31. The van der Waals surface area contributed by atoms with E-state index in [0.717, 1.165) is 11.1 Å². The molecule has 0 fully saturated rings. The van der Waals surface area contributed by atoms with Gasteiger partial charge < -0.3 is 10.2 Å². The number of aromatic hydroxyl groups is 2. The molecule has 0 bridgehead atoms. The second-order valence-corrected chi connectivity index (χ2v) is 8.54. The number of benzene rings is 2. The van der Waals surface area contributed by atoms with Gasteiger partial charge in [0.25, 0.3) is 0 Å². The minimum Gasteiger partial charge on any atom is -0.508 e. The first-order chi connectivity index (χ1) is 10.8. The second kappa shape index (κ2) is 8.42. The summed E-state index contributed by atoms with van der Waals surface area (Å²) < 4.78 is 0. The molecule has 25 heavy (non-hydrogen) atoms. The van der Waals surface area contributed by atoms with Gasteiger partial charge in [0.05, 0.1) is 0 Å². The van der Waals surface area contributed by atoms with E-state index in [9.17, 15) is 10.2 Å². The quantitative estimate of drug-likeness (QED) is 0.563. The van der Waals surface area contributed by atoms with Crippen molar-refractivity contribution in [3.8, 4) is 11.5 Å². The molecule has 0 aliphatic rings. The average Bonchev–Trinajstić information content (AvgIpc) is 2.42. The summed E-state index contributed by atoms with van der Waals surface area (Å²) in [5.41, 5.74) is 4.46. The maximum absolute atomic E-state index is 9.57. The molecule has 0 radical (unpaired) electrons. The highest BCUT2D eigenvalue weighted by molar-refractivity contribution is 5.40. The molecule has 2 rings (SSSR count). The molecule has 0 aromatic heterocycles. The SMILES string of the molecule is C.Cc1ccc(O)c(C(C)(C)C)c1.Cc1ccc(O)c(C(C)(C)C)c1. The summed E-state index contributed by atoms with van der Waals surface area (Å²) in [6, 6.07) is 11.4. The molecule has 0 saturated carbocycles. The lowest BCUT2D eigenvalue weighted by Gasteiger charge is -2.20. The zero-order valence-electron chi connectivity index (χ0n) is 16.4. The second-order valence-electron chi connectivity index (χ2n) is 8.54. The predicted octanol–water partition coefficient (Wildman–Crippen LogP) is 6.63. The Hall–Kier alpha value is -1.96. The van der Waals surface area contributed by atoms with Crippen LogP contribution in [0, 0.1) is 13.8 Å². The number of rotatable bonds is 0. The van der Waals surface area contributed by atoms with Gasteiger partial charge in [-0.05, 0) is 47.9 Å². The van der Waals surface area contributed by atoms with Crippen LogP contribution < -0.4 is 0 Å². The van der Waals surface area contributed by atoms with Crippen LogP contribution in [0.15, 0.2) is 36.4 Å². The smallest absolute Gasteiger partial charge is 0.119 e. The fourth-order valence-electron chi connectivity index (χ4n) is 2.50. The van der Waals surface area contributed by atoms with Crippen molar-refractivity contribution in [2.75, 3.05) is 0 Å². The van der Waals surface area contributed by atoms with E-state index in [1.54, 1.807) is 12.1 Å². The van der Waals surface area contributed by atoms with Gasteiger partial charge in [0.2, 0.25) is 0 Å². The minimum absolute atomic E-state index is 0. The summed E-state index contributed by atoms with van der Waals surface area (Å²) in [7, 11) is 0. The average molecular weight is 345 g/mol. The normalized spacial score (nSPS) is 11.2. The summed E-state index contributed by atoms with van der Waals surface area (Å²) in [4.78, 5) is 0. The van der Waals surface area contributed by atoms with Gasteiger partial charge in [-0.15, -0.1) is 0 Å². The monoisotopic (exact) mass is 344 g/mol. The van der Waals surface area contributed by atoms with E-state index in [2.05, 4.69) is 41.5 Å². The number of aryl methyl sites for hydroxylation is 2. The fourth-order valence-corrected chi connectivity index (χ4v) is 2.50. The topological polar surface area (TPSA) is 40.5 Å². The summed E-state index contributed by atoms with van der Waals surface area (Å²) in [5.74, 6) is 0.793. The third-order valence-electron chi connectivity index (χ3n) is 3.92. The Balaban J connectivity index is 0.000000443. The molecule has 2 nitrogen and oxygen atoms in total. The molecule has 2 N–H and O–H groups in total. The van der Waals surface area contributed by atoms with Gasteiger partial charge in [-0.25, -0.2) is 0 Å². The molecule has 0 aliphatic carbocycles. The van der Waals surface area contributed by atoms with Crippen molar-refractivity contribution in [1.82, 2.24) is 0 Å². The van der Waals surface area contributed by atoms with Gasteiger partial charge in [0, 0.05) is 0 Å². The van der Waals surface area contributed by atoms with Crippen molar-refractivity contribution in [3.05, 3.63) is 58.7 Å². The van der Waals surface area contributed by atoms with Crippen LogP contribution in [0.3, 0.4) is 0 Å². The van der Waals surface area contributed by atoms with E-state index in [1.165, 1.54) is 11.1 Å². The maximum Gasteiger partial charge on any atom is 0.119 e. The number of hydrogen-bond acceptors (Lipinski definition) is 2. The zero-order valence-corrected chi connectivity index (χ0v) is 16.4. The molecular weight excluding hydrogens is 308 g/mol. The molecule has 140 valence electrons. The Labute approximate surface area is 154 Å². The lowest BCUT2D eigenvalue weighted by Crippen LogP contribution is -2.11. The summed E-state index contributed by atoms with van der Waals surface area (Å²) in [5, 5.41) is 19.1. The summed E-state index contributed by atoms with van der Waals surface area (Å²) in [6.07, 6.45) is 0. The third kappa shape index (κ3) is 6.81. The molecule has 0 unspecified atom stereocenters. The van der Waals surface area contributed by atoms with Crippen molar-refractivity contribution in [2.45, 2.75) is 73.6 Å². The van der Waals surface area contributed by atoms with E-state index < -0.39 is 0 Å². The van der Waals surface area contributed by atoms with Crippen molar-refractivity contribution in [2.24, 2.45) is 0 Å². The van der Waals surface area contributed by atoms with E-state index in [1.807, 2.05) is 38.1 Å². The van der Waals surface area contributed by atoms with Gasteiger partial charge in [-0.1, -0.05) is 84.4 Å². The fraction of sp³-hybridized carbons (Fsp3) is 0.478. The van der Waals surface area contributed by atoms with E-state index >= 15 is 0 Å². The zero-order chi connectivity index (χ0) is 18.7. The first-order valence-electron chi connectivity index (χ1n) is 8.42. The largest absolute Gasteiger partial charge is 0.508 e. The number of hydrogen-bond donors (Lipinski definition) is 2. The van der Waals surface area contributed by atoms with Crippen LogP contribution in [0.2, 0.25) is 0 Å². The molecule has 0 aliphatic heterocycles. The third-order valence-corrected chi connectivity index (χ3v) is 3.92. The molecule has 0 saturated heterocycles. The molecule has 0 atom stereocenters. The lowest BCUT2D eigenvalue weighted by molar-refractivity contribution is 0.445. The molecule has 2 heteroatoms. The van der Waals surface area contributed by atoms with Crippen molar-refractivity contribution >= 4 is 0 Å². The molecular formula is C23H36O2. The van der Waals surface area contributed by atoms with Crippen LogP contribution in [0.4, 0.5) is 0 Å². The Kier molecular flexibility index (Phi) is 7.76. The minimum atomic E-state index is 0. The Morgan fingerprint density at radius 2 is 0.880 bits per heavy atom. The van der Waals surface area contributed by atoms with Crippen molar-refractivity contribution < 1.29 is 10.2 Å². The Bertz CT molecular complexity index is 625. The molecule has 0 amide bonds. The van der Waals surface area contributed by atoms with Gasteiger partial charge in [0.1, 0.15) is 11.5 Å². The summed E-state index contributed by atoms with van der Waals surface area (Å²) in [6.45, 7) is 16.7. The van der Waals surface area contributed by atoms with Gasteiger partial charge in [-0.2, -0.15) is 0 Å². The highest BCUT2D eigenvalue weighted by atomic mass is 16.3. The van der Waals surface area contributed by atoms with Gasteiger partial charge in [-0.3, -0.25) is 0 Å². The van der Waals surface area contributed by atoms with Gasteiger partial charge >= 0.3 is 0 Å². The van der Waals surface area contributed by atoms with E-state index in [4.69, 9.17) is 0 Å². The van der Waals surface area contributed by atoms with Crippen LogP contribution in [0.1, 0.15) is 71.2 Å². The first-order valence-corrected chi connectivity index (χ1v) is 8.42. The van der Waals surface area contributed by atoms with Gasteiger partial charge in [0.15, 0.2) is 0 Å². The maximum atomic E-state index is 9.57. The van der Waals surface area contributed by atoms with E-state index in [-0.39, 0.29) is 18.3 Å². The molecule has 0 heterocycles. The molecule has 0 spiro atoms. The first kappa shape index (κ1) is 23.0. The Morgan fingerprint density at radius 3 is 1.08 bits per heavy atom. The van der Waals surface area contributed by atoms with Crippen LogP contribution in [-0.4, -0.2) is 10.2 Å².